The van der Waals surface area contributed by atoms with Gasteiger partial charge in [-0.15, -0.1) is 0 Å². The summed E-state index contributed by atoms with van der Waals surface area (Å²) >= 11 is 0. The van der Waals surface area contributed by atoms with Crippen LogP contribution in [0.5, 0.6) is 5.75 Å². The summed E-state index contributed by atoms with van der Waals surface area (Å²) in [6.45, 7) is 2.93. The van der Waals surface area contributed by atoms with Gasteiger partial charge in [0.15, 0.2) is 0 Å². The van der Waals surface area contributed by atoms with E-state index in [1.165, 1.54) is 12.8 Å². The molecule has 1 fully saturated rings. The van der Waals surface area contributed by atoms with Crippen molar-refractivity contribution in [2.45, 2.75) is 38.5 Å². The van der Waals surface area contributed by atoms with Crippen molar-refractivity contribution in [3.8, 4) is 5.75 Å². The number of ether oxygens (including phenoxy) is 1. The summed E-state index contributed by atoms with van der Waals surface area (Å²) in [4.78, 5) is 10.8. The van der Waals surface area contributed by atoms with E-state index in [-0.39, 0.29) is 11.8 Å². The van der Waals surface area contributed by atoms with Crippen LogP contribution < -0.4 is 4.74 Å². The first-order valence-electron chi connectivity index (χ1n) is 6.68. The summed E-state index contributed by atoms with van der Waals surface area (Å²) < 4.78 is 5.62. The predicted molar refractivity (Wildman–Crippen MR) is 69.9 cm³/mol. The Hall–Kier alpha value is -1.51. The smallest absolute Gasteiger partial charge is 0.307 e. The van der Waals surface area contributed by atoms with Crippen LogP contribution in [0, 0.1) is 5.92 Å². The number of hydrogen-bond donors (Lipinski definition) is 1. The van der Waals surface area contributed by atoms with Gasteiger partial charge < -0.3 is 9.84 Å². The molecule has 0 amide bonds. The van der Waals surface area contributed by atoms with Crippen LogP contribution >= 0.6 is 0 Å². The van der Waals surface area contributed by atoms with E-state index in [2.05, 4.69) is 6.92 Å². The van der Waals surface area contributed by atoms with Crippen LogP contribution in [0.2, 0.25) is 0 Å². The fourth-order valence-corrected chi connectivity index (χ4v) is 2.19. The number of hydrogen-bond acceptors (Lipinski definition) is 2. The molecule has 18 heavy (non-hydrogen) atoms. The maximum Gasteiger partial charge on any atom is 0.307 e. The number of unbranched alkanes of at least 4 members (excludes halogenated alkanes) is 2. The zero-order valence-corrected chi connectivity index (χ0v) is 10.8. The first-order valence-corrected chi connectivity index (χ1v) is 6.68. The molecule has 0 saturated heterocycles. The molecule has 2 rings (SSSR count). The van der Waals surface area contributed by atoms with E-state index in [1.807, 2.05) is 24.3 Å². The molecule has 1 saturated carbocycles. The Bertz CT molecular complexity index is 397. The lowest BCUT2D eigenvalue weighted by atomic mass is 10.1. The van der Waals surface area contributed by atoms with Gasteiger partial charge in [0.2, 0.25) is 0 Å². The van der Waals surface area contributed by atoms with Crippen LogP contribution in [0.15, 0.2) is 24.3 Å². The van der Waals surface area contributed by atoms with Crippen LogP contribution in [0.25, 0.3) is 0 Å². The Labute approximate surface area is 108 Å². The fraction of sp³-hybridized carbons (Fsp3) is 0.533. The molecule has 0 aromatic heterocycles. The molecule has 1 N–H and O–H groups in total. The van der Waals surface area contributed by atoms with Crippen molar-refractivity contribution >= 4 is 5.97 Å². The second-order valence-corrected chi connectivity index (χ2v) is 4.91. The van der Waals surface area contributed by atoms with Gasteiger partial charge in [0, 0.05) is 0 Å². The highest BCUT2D eigenvalue weighted by Gasteiger charge is 2.43. The lowest BCUT2D eigenvalue weighted by molar-refractivity contribution is -0.138. The van der Waals surface area contributed by atoms with E-state index < -0.39 is 5.97 Å². The minimum Gasteiger partial charge on any atom is -0.494 e. The molecule has 2 atom stereocenters. The van der Waals surface area contributed by atoms with Crippen molar-refractivity contribution in [2.75, 3.05) is 6.61 Å². The molecule has 1 aliphatic rings. The molecule has 0 heterocycles. The number of rotatable bonds is 7. The molecule has 0 radical (unpaired) electrons. The molecule has 98 valence electrons. The Morgan fingerprint density at radius 1 is 1.33 bits per heavy atom. The van der Waals surface area contributed by atoms with Crippen LogP contribution in [0.4, 0.5) is 0 Å². The predicted octanol–water partition coefficient (Wildman–Crippen LogP) is 3.44. The van der Waals surface area contributed by atoms with Gasteiger partial charge in [-0.1, -0.05) is 31.9 Å². The fourth-order valence-electron chi connectivity index (χ4n) is 2.19. The second kappa shape index (κ2) is 5.89. The normalized spacial score (nSPS) is 21.6. The topological polar surface area (TPSA) is 46.5 Å². The monoisotopic (exact) mass is 248 g/mol. The van der Waals surface area contributed by atoms with E-state index >= 15 is 0 Å². The third-order valence-electron chi connectivity index (χ3n) is 3.43. The number of carbonyl (C=O) groups is 1. The summed E-state index contributed by atoms with van der Waals surface area (Å²) in [5.74, 6) is 0.222. The van der Waals surface area contributed by atoms with E-state index in [0.29, 0.717) is 0 Å². The van der Waals surface area contributed by atoms with Crippen LogP contribution in [-0.4, -0.2) is 17.7 Å². The van der Waals surface area contributed by atoms with Gasteiger partial charge in [0.1, 0.15) is 5.75 Å². The Kier molecular flexibility index (Phi) is 4.24. The molecule has 1 aromatic rings. The number of benzene rings is 1. The minimum atomic E-state index is -0.681. The van der Waals surface area contributed by atoms with E-state index in [0.717, 1.165) is 30.8 Å². The maximum atomic E-state index is 10.8. The van der Waals surface area contributed by atoms with Crippen molar-refractivity contribution in [2.24, 2.45) is 5.92 Å². The molecule has 0 bridgehead atoms. The average Bonchev–Trinajstić information content (AvgIpc) is 3.16. The third-order valence-corrected chi connectivity index (χ3v) is 3.43. The van der Waals surface area contributed by atoms with Gasteiger partial charge in [-0.2, -0.15) is 0 Å². The highest BCUT2D eigenvalue weighted by Crippen LogP contribution is 2.47. The molecule has 3 nitrogen and oxygen atoms in total. The first-order chi connectivity index (χ1) is 8.72. The van der Waals surface area contributed by atoms with Crippen molar-refractivity contribution in [1.29, 1.82) is 0 Å². The highest BCUT2D eigenvalue weighted by atomic mass is 16.5. The molecule has 1 aromatic carbocycles. The largest absolute Gasteiger partial charge is 0.494 e. The number of carboxylic acids is 1. The minimum absolute atomic E-state index is 0.179. The zero-order valence-electron chi connectivity index (χ0n) is 10.8. The molecule has 0 spiro atoms. The van der Waals surface area contributed by atoms with Crippen molar-refractivity contribution in [3.63, 3.8) is 0 Å². The lowest BCUT2D eigenvalue weighted by Gasteiger charge is -2.06. The summed E-state index contributed by atoms with van der Waals surface area (Å²) in [6.07, 6.45) is 4.25. The van der Waals surface area contributed by atoms with Crippen molar-refractivity contribution in [1.82, 2.24) is 0 Å². The quantitative estimate of drug-likeness (QED) is 0.752. The van der Waals surface area contributed by atoms with Gasteiger partial charge >= 0.3 is 5.97 Å². The summed E-state index contributed by atoms with van der Waals surface area (Å²) in [6, 6.07) is 7.86. The van der Waals surface area contributed by atoms with Gasteiger partial charge in [0.05, 0.1) is 12.5 Å². The van der Waals surface area contributed by atoms with E-state index in [9.17, 15) is 4.79 Å². The first kappa shape index (κ1) is 12.9. The lowest BCUT2D eigenvalue weighted by Crippen LogP contribution is -1.99. The molecular formula is C15H20O3. The molecule has 3 heteroatoms. The SMILES string of the molecule is CCCCCOc1ccc(C2C[C@@H]2C(=O)O)cc1. The Morgan fingerprint density at radius 3 is 2.61 bits per heavy atom. The Morgan fingerprint density at radius 2 is 2.06 bits per heavy atom. The average molecular weight is 248 g/mol. The summed E-state index contributed by atoms with van der Waals surface area (Å²) in [7, 11) is 0. The summed E-state index contributed by atoms with van der Waals surface area (Å²) in [5.41, 5.74) is 1.11. The third kappa shape index (κ3) is 3.25. The highest BCUT2D eigenvalue weighted by molar-refractivity contribution is 5.75. The molecule has 0 aliphatic heterocycles. The van der Waals surface area contributed by atoms with Gasteiger partial charge in [-0.05, 0) is 36.5 Å². The maximum absolute atomic E-state index is 10.8. The van der Waals surface area contributed by atoms with Crippen LogP contribution in [0.3, 0.4) is 0 Å². The van der Waals surface area contributed by atoms with E-state index in [4.69, 9.17) is 9.84 Å². The molecule has 1 aliphatic carbocycles. The standard InChI is InChI=1S/C15H20O3/c1-2-3-4-9-18-12-7-5-11(6-8-12)13-10-14(13)15(16)17/h5-8,13-14H,2-4,9-10H2,1H3,(H,16,17)/t13?,14-/m0/s1. The second-order valence-electron chi connectivity index (χ2n) is 4.91. The number of carboxylic acid groups (broad SMARTS) is 1. The van der Waals surface area contributed by atoms with Gasteiger partial charge in [-0.25, -0.2) is 0 Å². The van der Waals surface area contributed by atoms with Gasteiger partial charge in [0.25, 0.3) is 0 Å². The van der Waals surface area contributed by atoms with Gasteiger partial charge in [-0.3, -0.25) is 4.79 Å². The van der Waals surface area contributed by atoms with Crippen LogP contribution in [-0.2, 0) is 4.79 Å². The summed E-state index contributed by atoms with van der Waals surface area (Å²) in [5, 5.41) is 8.88. The zero-order chi connectivity index (χ0) is 13.0. The molecular weight excluding hydrogens is 228 g/mol. The van der Waals surface area contributed by atoms with E-state index in [1.54, 1.807) is 0 Å². The van der Waals surface area contributed by atoms with Crippen LogP contribution in [0.1, 0.15) is 44.1 Å². The van der Waals surface area contributed by atoms with Crippen molar-refractivity contribution in [3.05, 3.63) is 29.8 Å². The number of aliphatic carboxylic acids is 1. The molecule has 1 unspecified atom stereocenters. The Balaban J connectivity index is 1.81. The van der Waals surface area contributed by atoms with Crippen molar-refractivity contribution < 1.29 is 14.6 Å².